The lowest BCUT2D eigenvalue weighted by molar-refractivity contribution is -0.132. The van der Waals surface area contributed by atoms with E-state index in [1.165, 1.54) is 23.3 Å². The zero-order chi connectivity index (χ0) is 22.3. The predicted octanol–water partition coefficient (Wildman–Crippen LogP) is 6.11. The van der Waals surface area contributed by atoms with E-state index in [0.29, 0.717) is 26.5 Å². The lowest BCUT2D eigenvalue weighted by atomic mass is 9.98. The van der Waals surface area contributed by atoms with Crippen LogP contribution in [-0.2, 0) is 9.59 Å². The average Bonchev–Trinajstić information content (AvgIpc) is 3.28. The molecule has 1 aliphatic rings. The highest BCUT2D eigenvalue weighted by molar-refractivity contribution is 9.10. The van der Waals surface area contributed by atoms with Crippen molar-refractivity contribution in [2.75, 3.05) is 12.0 Å². The Kier molecular flexibility index (Phi) is 5.92. The minimum atomic E-state index is -0.764. The van der Waals surface area contributed by atoms with Crippen LogP contribution in [0.2, 0.25) is 5.02 Å². The molecule has 0 aliphatic carbocycles. The van der Waals surface area contributed by atoms with Gasteiger partial charge in [0.2, 0.25) is 0 Å². The predicted molar refractivity (Wildman–Crippen MR) is 126 cm³/mol. The van der Waals surface area contributed by atoms with E-state index < -0.39 is 17.7 Å². The zero-order valence-corrected chi connectivity index (χ0v) is 19.7. The second-order valence-corrected chi connectivity index (χ2v) is 9.20. The van der Waals surface area contributed by atoms with E-state index in [0.717, 1.165) is 10.4 Å². The maximum Gasteiger partial charge on any atom is 0.300 e. The molecule has 1 atom stereocenters. The molecule has 1 amide bonds. The van der Waals surface area contributed by atoms with Crippen LogP contribution in [0.5, 0.6) is 5.75 Å². The maximum absolute atomic E-state index is 13.1. The lowest BCUT2D eigenvalue weighted by Gasteiger charge is -2.25. The second kappa shape index (κ2) is 8.49. The Morgan fingerprint density at radius 1 is 1.19 bits per heavy atom. The van der Waals surface area contributed by atoms with Gasteiger partial charge in [-0.1, -0.05) is 17.7 Å². The molecular weight excluding hydrogens is 502 g/mol. The van der Waals surface area contributed by atoms with Crippen molar-refractivity contribution >= 4 is 62.0 Å². The summed E-state index contributed by atoms with van der Waals surface area (Å²) >= 11 is 11.0. The summed E-state index contributed by atoms with van der Waals surface area (Å²) in [6.45, 7) is 1.91. The first-order valence-corrected chi connectivity index (χ1v) is 11.3. The first-order chi connectivity index (χ1) is 14.8. The van der Waals surface area contributed by atoms with Gasteiger partial charge >= 0.3 is 0 Å². The highest BCUT2D eigenvalue weighted by Gasteiger charge is 2.48. The molecule has 1 fully saturated rings. The molecule has 1 aromatic heterocycles. The van der Waals surface area contributed by atoms with E-state index in [1.807, 2.05) is 18.4 Å². The molecule has 0 saturated carbocycles. The molecule has 1 aliphatic heterocycles. The van der Waals surface area contributed by atoms with Crippen molar-refractivity contribution < 1.29 is 19.4 Å². The number of aryl methyl sites for hydroxylation is 1. The summed E-state index contributed by atoms with van der Waals surface area (Å²) in [5.74, 6) is -1.12. The Hall–Kier alpha value is -2.61. The number of methoxy groups -OCH3 is 1. The number of aliphatic hydroxyl groups is 1. The van der Waals surface area contributed by atoms with E-state index in [-0.39, 0.29) is 11.3 Å². The quantitative estimate of drug-likeness (QED) is 0.257. The van der Waals surface area contributed by atoms with Gasteiger partial charge in [0.15, 0.2) is 0 Å². The van der Waals surface area contributed by atoms with Crippen LogP contribution in [0.4, 0.5) is 5.69 Å². The van der Waals surface area contributed by atoms with Gasteiger partial charge in [-0.05, 0) is 76.3 Å². The number of anilines is 1. The fourth-order valence-corrected chi connectivity index (χ4v) is 5.36. The van der Waals surface area contributed by atoms with E-state index in [2.05, 4.69) is 15.9 Å². The minimum absolute atomic E-state index is 0.0348. The van der Waals surface area contributed by atoms with Crippen molar-refractivity contribution in [3.63, 3.8) is 0 Å². The van der Waals surface area contributed by atoms with Crippen molar-refractivity contribution in [2.45, 2.75) is 13.0 Å². The van der Waals surface area contributed by atoms with Crippen LogP contribution in [0.3, 0.4) is 0 Å². The Bertz CT molecular complexity index is 1240. The number of nitrogens with zero attached hydrogens (tertiary/aromatic N) is 1. The number of halogens is 2. The molecule has 2 heterocycles. The Morgan fingerprint density at radius 3 is 2.58 bits per heavy atom. The number of carbonyl (C=O) groups excluding carboxylic acids is 2. The van der Waals surface area contributed by atoms with E-state index in [9.17, 15) is 14.7 Å². The summed E-state index contributed by atoms with van der Waals surface area (Å²) in [5.41, 5.74) is 1.84. The fourth-order valence-electron chi connectivity index (χ4n) is 3.61. The van der Waals surface area contributed by atoms with E-state index in [1.54, 1.807) is 42.5 Å². The molecule has 1 unspecified atom stereocenters. The summed E-state index contributed by atoms with van der Waals surface area (Å²) in [4.78, 5) is 28.5. The summed E-state index contributed by atoms with van der Waals surface area (Å²) in [6.07, 6.45) is 0. The zero-order valence-electron chi connectivity index (χ0n) is 16.6. The summed E-state index contributed by atoms with van der Waals surface area (Å²) in [5, 5.41) is 13.5. The SMILES string of the molecule is COc1ccc(/C(O)=C2/C(=O)C(=O)N(c3cccc(Cl)c3)C2c2sccc2C)cc1Br. The van der Waals surface area contributed by atoms with E-state index >= 15 is 0 Å². The van der Waals surface area contributed by atoms with Crippen molar-refractivity contribution in [2.24, 2.45) is 0 Å². The Balaban J connectivity index is 1.95. The number of ketones is 1. The maximum atomic E-state index is 13.1. The van der Waals surface area contributed by atoms with Crippen LogP contribution >= 0.6 is 38.9 Å². The lowest BCUT2D eigenvalue weighted by Crippen LogP contribution is -2.29. The second-order valence-electron chi connectivity index (χ2n) is 6.97. The summed E-state index contributed by atoms with van der Waals surface area (Å²) < 4.78 is 5.86. The summed E-state index contributed by atoms with van der Waals surface area (Å²) in [6, 6.07) is 12.9. The van der Waals surface area contributed by atoms with Crippen molar-refractivity contribution in [3.05, 3.63) is 85.0 Å². The van der Waals surface area contributed by atoms with Crippen LogP contribution in [0, 0.1) is 6.92 Å². The van der Waals surface area contributed by atoms with Gasteiger partial charge in [-0.3, -0.25) is 14.5 Å². The van der Waals surface area contributed by atoms with Gasteiger partial charge in [0.05, 0.1) is 17.2 Å². The van der Waals surface area contributed by atoms with Crippen LogP contribution in [0.15, 0.2) is 64.0 Å². The number of aliphatic hydroxyl groups excluding tert-OH is 1. The third-order valence-corrected chi connectivity index (χ3v) is 7.03. The molecule has 8 heteroatoms. The topological polar surface area (TPSA) is 66.8 Å². The number of ether oxygens (including phenoxy) is 1. The largest absolute Gasteiger partial charge is 0.507 e. The molecule has 0 radical (unpaired) electrons. The smallest absolute Gasteiger partial charge is 0.300 e. The van der Waals surface area contributed by atoms with Crippen LogP contribution in [0.1, 0.15) is 22.0 Å². The first-order valence-electron chi connectivity index (χ1n) is 9.28. The highest BCUT2D eigenvalue weighted by atomic mass is 79.9. The van der Waals surface area contributed by atoms with Crippen molar-refractivity contribution in [1.29, 1.82) is 0 Å². The number of benzene rings is 2. The average molecular weight is 519 g/mol. The molecule has 31 heavy (non-hydrogen) atoms. The van der Waals surface area contributed by atoms with E-state index in [4.69, 9.17) is 16.3 Å². The molecular formula is C23H17BrClNO4S. The van der Waals surface area contributed by atoms with Gasteiger partial charge in [-0.2, -0.15) is 0 Å². The van der Waals surface area contributed by atoms with Gasteiger partial charge in [0.25, 0.3) is 11.7 Å². The molecule has 1 saturated heterocycles. The van der Waals surface area contributed by atoms with Crippen molar-refractivity contribution in [1.82, 2.24) is 0 Å². The third kappa shape index (κ3) is 3.78. The number of thiophene rings is 1. The first kappa shape index (κ1) is 21.6. The van der Waals surface area contributed by atoms with Gasteiger partial charge in [0, 0.05) is 21.2 Å². The van der Waals surface area contributed by atoms with Gasteiger partial charge in [0.1, 0.15) is 17.6 Å². The number of rotatable bonds is 4. The number of carbonyl (C=O) groups is 2. The monoisotopic (exact) mass is 517 g/mol. The minimum Gasteiger partial charge on any atom is -0.507 e. The standard InChI is InChI=1S/C23H17BrClNO4S/c1-12-8-9-31-22(12)19-18(20(27)13-6-7-17(30-2)16(24)10-13)21(28)23(29)26(19)15-5-3-4-14(25)11-15/h3-11,19,27H,1-2H3/b20-18-. The molecule has 2 aromatic carbocycles. The summed E-state index contributed by atoms with van der Waals surface area (Å²) in [7, 11) is 1.54. The van der Waals surface area contributed by atoms with Crippen LogP contribution in [0.25, 0.3) is 5.76 Å². The molecule has 5 nitrogen and oxygen atoms in total. The molecule has 158 valence electrons. The Labute approximate surface area is 196 Å². The number of hydrogen-bond acceptors (Lipinski definition) is 5. The molecule has 0 spiro atoms. The number of amides is 1. The third-order valence-electron chi connectivity index (χ3n) is 5.11. The molecule has 0 bridgehead atoms. The fraction of sp³-hybridized carbons (Fsp3) is 0.130. The van der Waals surface area contributed by atoms with Crippen LogP contribution < -0.4 is 9.64 Å². The molecule has 4 rings (SSSR count). The highest BCUT2D eigenvalue weighted by Crippen LogP contribution is 2.45. The van der Waals surface area contributed by atoms with Crippen LogP contribution in [-0.4, -0.2) is 23.9 Å². The molecule has 1 N–H and O–H groups in total. The number of Topliss-reactive ketones (excluding diaryl/α,β-unsaturated/α-hetero) is 1. The van der Waals surface area contributed by atoms with Gasteiger partial charge < -0.3 is 9.84 Å². The molecule has 3 aromatic rings. The van der Waals surface area contributed by atoms with Gasteiger partial charge in [-0.15, -0.1) is 11.3 Å². The van der Waals surface area contributed by atoms with Crippen molar-refractivity contribution in [3.8, 4) is 5.75 Å². The Morgan fingerprint density at radius 2 is 1.97 bits per heavy atom. The van der Waals surface area contributed by atoms with Gasteiger partial charge in [-0.25, -0.2) is 0 Å². The number of hydrogen-bond donors (Lipinski definition) is 1. The normalized spacial score (nSPS) is 17.9.